The van der Waals surface area contributed by atoms with Gasteiger partial charge in [-0.15, -0.1) is 10.2 Å². The van der Waals surface area contributed by atoms with Gasteiger partial charge in [0.05, 0.1) is 5.92 Å². The van der Waals surface area contributed by atoms with Crippen LogP contribution in [0.4, 0.5) is 5.69 Å². The van der Waals surface area contributed by atoms with Gasteiger partial charge in [0.2, 0.25) is 15.9 Å². The molecule has 1 aromatic carbocycles. The smallest absolute Gasteiger partial charge is 0.286 e. The van der Waals surface area contributed by atoms with Gasteiger partial charge in [0.1, 0.15) is 0 Å². The van der Waals surface area contributed by atoms with E-state index in [2.05, 4.69) is 32.8 Å². The number of nitrogens with zero attached hydrogens (tertiary/aromatic N) is 4. The monoisotopic (exact) mass is 498 g/mol. The molecule has 1 aliphatic heterocycles. The van der Waals surface area contributed by atoms with Crippen molar-refractivity contribution in [3.63, 3.8) is 0 Å². The lowest BCUT2D eigenvalue weighted by Gasteiger charge is -2.32. The second-order valence-electron chi connectivity index (χ2n) is 9.39. The predicted octanol–water partition coefficient (Wildman–Crippen LogP) is 3.02. The number of aromatic nitrogens is 2. The highest BCUT2D eigenvalue weighted by atomic mass is 32.1. The molecule has 3 amide bonds. The summed E-state index contributed by atoms with van der Waals surface area (Å²) in [5.41, 5.74) is 0.649. The zero-order valence-corrected chi connectivity index (χ0v) is 21.1. The lowest BCUT2D eigenvalue weighted by Crippen LogP contribution is -2.47. The molecule has 1 aromatic heterocycles. The predicted molar refractivity (Wildman–Crippen MR) is 135 cm³/mol. The summed E-state index contributed by atoms with van der Waals surface area (Å²) in [6.07, 6.45) is 7.91. The van der Waals surface area contributed by atoms with E-state index in [1.807, 2.05) is 18.2 Å². The molecule has 2 N–H and O–H groups in total. The summed E-state index contributed by atoms with van der Waals surface area (Å²) in [7, 11) is 2.14. The molecule has 1 saturated heterocycles. The third kappa shape index (κ3) is 6.85. The highest BCUT2D eigenvalue weighted by Crippen LogP contribution is 2.22. The van der Waals surface area contributed by atoms with E-state index in [9.17, 15) is 14.4 Å². The highest BCUT2D eigenvalue weighted by molar-refractivity contribution is 7.15. The molecule has 0 radical (unpaired) electrons. The number of rotatable bonds is 8. The minimum Gasteiger partial charge on any atom is -0.355 e. The first-order valence-corrected chi connectivity index (χ1v) is 13.3. The number of likely N-dealkylation sites (tertiary alicyclic amines) is 1. The lowest BCUT2D eigenvalue weighted by atomic mass is 9.94. The van der Waals surface area contributed by atoms with Gasteiger partial charge in [0.15, 0.2) is 0 Å². The molecule has 1 aliphatic carbocycles. The first-order valence-electron chi connectivity index (χ1n) is 12.5. The SMILES string of the molecule is CN(CCNC(=O)C1CCCN(C(=O)c2nnc(C(=O)Nc3ccccc3)s2)C1)C1CCCCC1. The Labute approximate surface area is 210 Å². The average Bonchev–Trinajstić information content (AvgIpc) is 3.40. The summed E-state index contributed by atoms with van der Waals surface area (Å²) < 4.78 is 0. The molecule has 35 heavy (non-hydrogen) atoms. The number of carbonyl (C=O) groups is 3. The molecule has 0 bridgehead atoms. The Kier molecular flexibility index (Phi) is 8.81. The Morgan fingerprint density at radius 1 is 1.03 bits per heavy atom. The normalized spacial score (nSPS) is 18.9. The van der Waals surface area contributed by atoms with Crippen molar-refractivity contribution in [1.82, 2.24) is 25.3 Å². The Morgan fingerprint density at radius 3 is 2.54 bits per heavy atom. The minimum atomic E-state index is -0.401. The maximum absolute atomic E-state index is 13.0. The third-order valence-corrected chi connectivity index (χ3v) is 7.79. The van der Waals surface area contributed by atoms with Crippen LogP contribution in [0.25, 0.3) is 0 Å². The van der Waals surface area contributed by atoms with Gasteiger partial charge in [-0.3, -0.25) is 14.4 Å². The maximum Gasteiger partial charge on any atom is 0.286 e. The van der Waals surface area contributed by atoms with Gasteiger partial charge < -0.3 is 20.4 Å². The second-order valence-corrected chi connectivity index (χ2v) is 10.4. The molecule has 0 spiro atoms. The molecule has 10 heteroatoms. The number of hydrogen-bond acceptors (Lipinski definition) is 7. The van der Waals surface area contributed by atoms with E-state index < -0.39 is 5.91 Å². The standard InChI is InChI=1S/C25H34N6O3S/c1-30(20-12-6-3-7-13-20)16-14-26-21(32)18-9-8-15-31(17-18)25(34)24-29-28-23(35-24)22(33)27-19-10-4-2-5-11-19/h2,4-5,10-11,18,20H,3,6-9,12-17H2,1H3,(H,26,32)(H,27,33). The van der Waals surface area contributed by atoms with Crippen molar-refractivity contribution in [2.45, 2.75) is 51.0 Å². The van der Waals surface area contributed by atoms with Gasteiger partial charge in [-0.2, -0.15) is 0 Å². The molecule has 1 saturated carbocycles. The molecule has 188 valence electrons. The number of piperidine rings is 1. The molecule has 1 atom stereocenters. The molecule has 9 nitrogen and oxygen atoms in total. The third-order valence-electron chi connectivity index (χ3n) is 6.88. The number of para-hydroxylation sites is 1. The van der Waals surface area contributed by atoms with Crippen LogP contribution in [-0.4, -0.2) is 77.0 Å². The fourth-order valence-electron chi connectivity index (χ4n) is 4.82. The molecule has 2 heterocycles. The largest absolute Gasteiger partial charge is 0.355 e. The molecular weight excluding hydrogens is 464 g/mol. The van der Waals surface area contributed by atoms with E-state index in [4.69, 9.17) is 0 Å². The number of carbonyl (C=O) groups excluding carboxylic acids is 3. The van der Waals surface area contributed by atoms with Gasteiger partial charge >= 0.3 is 0 Å². The van der Waals surface area contributed by atoms with E-state index >= 15 is 0 Å². The number of benzene rings is 1. The Bertz CT molecular complexity index is 1010. The molecular formula is C25H34N6O3S. The first-order chi connectivity index (χ1) is 17.0. The fourth-order valence-corrected chi connectivity index (χ4v) is 5.53. The van der Waals surface area contributed by atoms with Crippen molar-refractivity contribution in [3.05, 3.63) is 40.3 Å². The summed E-state index contributed by atoms with van der Waals surface area (Å²) in [5.74, 6) is -0.918. The van der Waals surface area contributed by atoms with E-state index in [0.717, 1.165) is 30.7 Å². The number of anilines is 1. The summed E-state index contributed by atoms with van der Waals surface area (Å²) in [4.78, 5) is 42.2. The Hall–Kier alpha value is -2.85. The number of likely N-dealkylation sites (N-methyl/N-ethyl adjacent to an activating group) is 1. The van der Waals surface area contributed by atoms with Gasteiger partial charge in [0, 0.05) is 37.9 Å². The van der Waals surface area contributed by atoms with Crippen molar-refractivity contribution in [1.29, 1.82) is 0 Å². The van der Waals surface area contributed by atoms with Crippen LogP contribution in [0.5, 0.6) is 0 Å². The Morgan fingerprint density at radius 2 is 1.77 bits per heavy atom. The number of nitrogens with one attached hydrogen (secondary N) is 2. The van der Waals surface area contributed by atoms with E-state index in [0.29, 0.717) is 31.4 Å². The highest BCUT2D eigenvalue weighted by Gasteiger charge is 2.31. The molecule has 2 aliphatic rings. The zero-order chi connectivity index (χ0) is 24.6. The van der Waals surface area contributed by atoms with Crippen LogP contribution in [0, 0.1) is 5.92 Å². The van der Waals surface area contributed by atoms with Crippen LogP contribution in [-0.2, 0) is 4.79 Å². The van der Waals surface area contributed by atoms with Crippen LogP contribution in [0.2, 0.25) is 0 Å². The quantitative estimate of drug-likeness (QED) is 0.579. The fraction of sp³-hybridized carbons (Fsp3) is 0.560. The van der Waals surface area contributed by atoms with Crippen LogP contribution in [0.1, 0.15) is 64.6 Å². The molecule has 4 rings (SSSR count). The van der Waals surface area contributed by atoms with Gasteiger partial charge in [-0.05, 0) is 44.9 Å². The van der Waals surface area contributed by atoms with E-state index in [-0.39, 0.29) is 27.7 Å². The van der Waals surface area contributed by atoms with Crippen molar-refractivity contribution >= 4 is 34.7 Å². The average molecular weight is 499 g/mol. The summed E-state index contributed by atoms with van der Waals surface area (Å²) in [5, 5.41) is 14.0. The van der Waals surface area contributed by atoms with E-state index in [1.54, 1.807) is 17.0 Å². The number of hydrogen-bond donors (Lipinski definition) is 2. The second kappa shape index (κ2) is 12.2. The summed E-state index contributed by atoms with van der Waals surface area (Å²) >= 11 is 0.971. The van der Waals surface area contributed by atoms with Crippen LogP contribution in [0.3, 0.4) is 0 Å². The van der Waals surface area contributed by atoms with Gasteiger partial charge in [0.25, 0.3) is 11.8 Å². The van der Waals surface area contributed by atoms with Crippen molar-refractivity contribution in [3.8, 4) is 0 Å². The van der Waals surface area contributed by atoms with Crippen molar-refractivity contribution in [2.75, 3.05) is 38.5 Å². The zero-order valence-electron chi connectivity index (χ0n) is 20.2. The van der Waals surface area contributed by atoms with Crippen molar-refractivity contribution in [2.24, 2.45) is 5.92 Å². The summed E-state index contributed by atoms with van der Waals surface area (Å²) in [6, 6.07) is 9.68. The lowest BCUT2D eigenvalue weighted by molar-refractivity contribution is -0.126. The molecule has 1 unspecified atom stereocenters. The van der Waals surface area contributed by atoms with Crippen LogP contribution < -0.4 is 10.6 Å². The minimum absolute atomic E-state index is 0.000245. The summed E-state index contributed by atoms with van der Waals surface area (Å²) in [6.45, 7) is 2.38. The maximum atomic E-state index is 13.0. The topological polar surface area (TPSA) is 108 Å². The van der Waals surface area contributed by atoms with Crippen LogP contribution >= 0.6 is 11.3 Å². The first kappa shape index (κ1) is 25.2. The van der Waals surface area contributed by atoms with Gasteiger partial charge in [-0.25, -0.2) is 0 Å². The van der Waals surface area contributed by atoms with Crippen molar-refractivity contribution < 1.29 is 14.4 Å². The van der Waals surface area contributed by atoms with Gasteiger partial charge in [-0.1, -0.05) is 48.8 Å². The van der Waals surface area contributed by atoms with E-state index in [1.165, 1.54) is 32.1 Å². The molecule has 2 fully saturated rings. The Balaban J connectivity index is 1.25. The van der Waals surface area contributed by atoms with Crippen LogP contribution in [0.15, 0.2) is 30.3 Å². The number of amides is 3. The molecule has 2 aromatic rings.